The summed E-state index contributed by atoms with van der Waals surface area (Å²) in [7, 11) is 1.62. The summed E-state index contributed by atoms with van der Waals surface area (Å²) in [6, 6.07) is 9.61. The Kier molecular flexibility index (Phi) is 2.86. The van der Waals surface area contributed by atoms with Crippen molar-refractivity contribution < 1.29 is 9.53 Å². The lowest BCUT2D eigenvalue weighted by Gasteiger charge is -2.05. The fourth-order valence-corrected chi connectivity index (χ4v) is 1.68. The first kappa shape index (κ1) is 10.6. The van der Waals surface area contributed by atoms with E-state index in [4.69, 9.17) is 4.74 Å². The number of hydrogen-bond acceptors (Lipinski definition) is 3. The average Bonchev–Trinajstić information content (AvgIpc) is 2.27. The van der Waals surface area contributed by atoms with Crippen LogP contribution in [0.5, 0.6) is 5.75 Å². The van der Waals surface area contributed by atoms with Gasteiger partial charge in [-0.25, -0.2) is 4.98 Å². The van der Waals surface area contributed by atoms with Crippen molar-refractivity contribution in [1.29, 1.82) is 0 Å². The Hall–Kier alpha value is -1.90. The number of para-hydroxylation sites is 1. The number of methoxy groups -OCH3 is 1. The van der Waals surface area contributed by atoms with Crippen LogP contribution >= 0.6 is 0 Å². The van der Waals surface area contributed by atoms with E-state index < -0.39 is 0 Å². The highest BCUT2D eigenvalue weighted by Gasteiger charge is 2.05. The molecule has 1 aromatic heterocycles. The van der Waals surface area contributed by atoms with Gasteiger partial charge >= 0.3 is 0 Å². The van der Waals surface area contributed by atoms with Crippen molar-refractivity contribution in [1.82, 2.24) is 4.98 Å². The average molecular weight is 215 g/mol. The lowest BCUT2D eigenvalue weighted by atomic mass is 10.1. The minimum atomic E-state index is 0.113. The van der Waals surface area contributed by atoms with Crippen molar-refractivity contribution in [2.75, 3.05) is 7.11 Å². The number of nitrogens with zero attached hydrogens (tertiary/aromatic N) is 1. The van der Waals surface area contributed by atoms with E-state index in [0.717, 1.165) is 22.3 Å². The van der Waals surface area contributed by atoms with Gasteiger partial charge in [-0.15, -0.1) is 0 Å². The van der Waals surface area contributed by atoms with E-state index in [1.165, 1.54) is 0 Å². The number of carbonyl (C=O) groups excluding carboxylic acids is 1. The van der Waals surface area contributed by atoms with Crippen LogP contribution in [-0.4, -0.2) is 17.9 Å². The number of carbonyl (C=O) groups is 1. The summed E-state index contributed by atoms with van der Waals surface area (Å²) < 4.78 is 5.24. The van der Waals surface area contributed by atoms with Crippen LogP contribution in [0.3, 0.4) is 0 Å². The van der Waals surface area contributed by atoms with Gasteiger partial charge in [-0.3, -0.25) is 4.79 Å². The number of fused-ring (bicyclic) bond motifs is 1. The molecule has 3 nitrogen and oxygen atoms in total. The molecule has 0 N–H and O–H groups in total. The summed E-state index contributed by atoms with van der Waals surface area (Å²) in [4.78, 5) is 15.5. The van der Waals surface area contributed by atoms with E-state index in [2.05, 4.69) is 4.98 Å². The topological polar surface area (TPSA) is 39.2 Å². The maximum Gasteiger partial charge on any atom is 0.145 e. The molecule has 0 aliphatic heterocycles. The second-order valence-electron chi connectivity index (χ2n) is 3.71. The van der Waals surface area contributed by atoms with E-state index in [-0.39, 0.29) is 5.78 Å². The minimum Gasteiger partial charge on any atom is -0.494 e. The lowest BCUT2D eigenvalue weighted by Crippen LogP contribution is -1.99. The SMILES string of the molecule is COc1cccc2ccc(CC(C)=O)nc12. The molecule has 0 saturated carbocycles. The Labute approximate surface area is 94.1 Å². The summed E-state index contributed by atoms with van der Waals surface area (Å²) in [5.41, 5.74) is 1.59. The maximum atomic E-state index is 11.0. The van der Waals surface area contributed by atoms with Crippen LogP contribution < -0.4 is 4.74 Å². The van der Waals surface area contributed by atoms with E-state index in [1.807, 2.05) is 30.3 Å². The molecule has 0 fully saturated rings. The number of aromatic nitrogens is 1. The van der Waals surface area contributed by atoms with Gasteiger partial charge in [-0.05, 0) is 19.1 Å². The van der Waals surface area contributed by atoms with E-state index in [0.29, 0.717) is 6.42 Å². The Morgan fingerprint density at radius 2 is 2.12 bits per heavy atom. The van der Waals surface area contributed by atoms with Gasteiger partial charge in [-0.2, -0.15) is 0 Å². The quantitative estimate of drug-likeness (QED) is 0.789. The molecule has 0 unspecified atom stereocenters. The Morgan fingerprint density at radius 1 is 1.31 bits per heavy atom. The highest BCUT2D eigenvalue weighted by Crippen LogP contribution is 2.23. The molecule has 3 heteroatoms. The molecule has 0 bridgehead atoms. The van der Waals surface area contributed by atoms with Crippen LogP contribution in [0.2, 0.25) is 0 Å². The second-order valence-corrected chi connectivity index (χ2v) is 3.71. The zero-order chi connectivity index (χ0) is 11.5. The van der Waals surface area contributed by atoms with Gasteiger partial charge < -0.3 is 4.74 Å². The number of rotatable bonds is 3. The number of Topliss-reactive ketones (excluding diaryl/α,β-unsaturated/α-hetero) is 1. The third kappa shape index (κ3) is 2.03. The fraction of sp³-hybridized carbons (Fsp3) is 0.231. The third-order valence-corrected chi connectivity index (χ3v) is 2.39. The van der Waals surface area contributed by atoms with E-state index in [9.17, 15) is 4.79 Å². The van der Waals surface area contributed by atoms with Crippen LogP contribution in [-0.2, 0) is 11.2 Å². The summed E-state index contributed by atoms with van der Waals surface area (Å²) in [5.74, 6) is 0.852. The smallest absolute Gasteiger partial charge is 0.145 e. The fourth-order valence-electron chi connectivity index (χ4n) is 1.68. The molecular weight excluding hydrogens is 202 g/mol. The summed E-state index contributed by atoms with van der Waals surface area (Å²) >= 11 is 0. The molecule has 0 radical (unpaired) electrons. The molecule has 0 saturated heterocycles. The number of benzene rings is 1. The number of ether oxygens (including phenoxy) is 1. The van der Waals surface area contributed by atoms with Gasteiger partial charge in [0.2, 0.25) is 0 Å². The zero-order valence-electron chi connectivity index (χ0n) is 9.36. The zero-order valence-corrected chi connectivity index (χ0v) is 9.36. The van der Waals surface area contributed by atoms with E-state index in [1.54, 1.807) is 14.0 Å². The molecule has 0 spiro atoms. The van der Waals surface area contributed by atoms with Crippen LogP contribution in [0.15, 0.2) is 30.3 Å². The lowest BCUT2D eigenvalue weighted by molar-refractivity contribution is -0.116. The molecule has 2 rings (SSSR count). The molecule has 2 aromatic rings. The number of ketones is 1. The molecule has 1 aromatic carbocycles. The van der Waals surface area contributed by atoms with Crippen molar-refractivity contribution in [3.63, 3.8) is 0 Å². The molecule has 0 aliphatic rings. The van der Waals surface area contributed by atoms with Gasteiger partial charge in [0.25, 0.3) is 0 Å². The van der Waals surface area contributed by atoms with Gasteiger partial charge in [-0.1, -0.05) is 18.2 Å². The normalized spacial score (nSPS) is 10.4. The first-order valence-corrected chi connectivity index (χ1v) is 5.13. The summed E-state index contributed by atoms with van der Waals surface area (Å²) in [6.07, 6.45) is 0.369. The van der Waals surface area contributed by atoms with Gasteiger partial charge in [0, 0.05) is 17.5 Å². The van der Waals surface area contributed by atoms with Crippen LogP contribution in [0.4, 0.5) is 0 Å². The first-order chi connectivity index (χ1) is 7.70. The molecule has 0 amide bonds. The molecule has 0 atom stereocenters. The summed E-state index contributed by atoms with van der Waals surface area (Å²) in [6.45, 7) is 1.56. The molecule has 1 heterocycles. The maximum absolute atomic E-state index is 11.0. The van der Waals surface area contributed by atoms with Gasteiger partial charge in [0.05, 0.1) is 7.11 Å². The van der Waals surface area contributed by atoms with Crippen molar-refractivity contribution in [3.05, 3.63) is 36.0 Å². The predicted octanol–water partition coefficient (Wildman–Crippen LogP) is 2.37. The van der Waals surface area contributed by atoms with Crippen molar-refractivity contribution >= 4 is 16.7 Å². The van der Waals surface area contributed by atoms with E-state index >= 15 is 0 Å². The van der Waals surface area contributed by atoms with Gasteiger partial charge in [0.1, 0.15) is 17.0 Å². The first-order valence-electron chi connectivity index (χ1n) is 5.13. The van der Waals surface area contributed by atoms with Crippen LogP contribution in [0.1, 0.15) is 12.6 Å². The largest absolute Gasteiger partial charge is 0.494 e. The molecule has 82 valence electrons. The third-order valence-electron chi connectivity index (χ3n) is 2.39. The highest BCUT2D eigenvalue weighted by molar-refractivity contribution is 5.85. The number of pyridine rings is 1. The standard InChI is InChI=1S/C13H13NO2/c1-9(15)8-11-7-6-10-4-3-5-12(16-2)13(10)14-11/h3-7H,8H2,1-2H3. The minimum absolute atomic E-state index is 0.113. The monoisotopic (exact) mass is 215 g/mol. The molecule has 16 heavy (non-hydrogen) atoms. The van der Waals surface area contributed by atoms with Crippen LogP contribution in [0.25, 0.3) is 10.9 Å². The van der Waals surface area contributed by atoms with Crippen molar-refractivity contribution in [3.8, 4) is 5.75 Å². The Balaban J connectivity index is 2.54. The molecular formula is C13H13NO2. The Morgan fingerprint density at radius 3 is 2.81 bits per heavy atom. The predicted molar refractivity (Wildman–Crippen MR) is 62.7 cm³/mol. The highest BCUT2D eigenvalue weighted by atomic mass is 16.5. The number of hydrogen-bond donors (Lipinski definition) is 0. The summed E-state index contributed by atoms with van der Waals surface area (Å²) in [5, 5.41) is 1.02. The molecule has 0 aliphatic carbocycles. The van der Waals surface area contributed by atoms with Gasteiger partial charge in [0.15, 0.2) is 0 Å². The van der Waals surface area contributed by atoms with Crippen molar-refractivity contribution in [2.24, 2.45) is 0 Å². The van der Waals surface area contributed by atoms with Crippen LogP contribution in [0, 0.1) is 0 Å². The second kappa shape index (κ2) is 4.31. The Bertz CT molecular complexity index is 534. The van der Waals surface area contributed by atoms with Crippen molar-refractivity contribution in [2.45, 2.75) is 13.3 Å².